The van der Waals surface area contributed by atoms with Gasteiger partial charge in [0.15, 0.2) is 11.8 Å². The first-order valence-electron chi connectivity index (χ1n) is 8.00. The van der Waals surface area contributed by atoms with E-state index in [1.165, 1.54) is 6.08 Å². The first-order chi connectivity index (χ1) is 11.1. The fourth-order valence-electron chi connectivity index (χ4n) is 2.72. The first-order valence-corrected chi connectivity index (χ1v) is 8.80. The Labute approximate surface area is 145 Å². The van der Waals surface area contributed by atoms with Gasteiger partial charge in [0.25, 0.3) is 0 Å². The molecule has 1 saturated heterocycles. The van der Waals surface area contributed by atoms with Crippen LogP contribution in [0, 0.1) is 0 Å². The Balaban J connectivity index is 2.15. The lowest BCUT2D eigenvalue weighted by Crippen LogP contribution is -2.49. The summed E-state index contributed by atoms with van der Waals surface area (Å²) in [5.74, 6) is -0.669. The van der Waals surface area contributed by atoms with E-state index in [1.54, 1.807) is 13.0 Å². The van der Waals surface area contributed by atoms with E-state index in [-0.39, 0.29) is 12.4 Å². The topological polar surface area (TPSA) is 46.6 Å². The average molecular weight is 380 g/mol. The molecule has 1 fully saturated rings. The second-order valence-electron chi connectivity index (χ2n) is 5.51. The van der Waals surface area contributed by atoms with E-state index >= 15 is 0 Å². The standard InChI is InChI=1S/C18H22BrNO3/c1-2-23-18(22)17(20-12-6-3-7-13-20)16(21)11-10-14-8-4-5-9-15(14)19/h4-5,8-11,17H,2-3,6-7,12-13H2,1H3. The minimum Gasteiger partial charge on any atom is -0.464 e. The van der Waals surface area contributed by atoms with Crippen LogP contribution in [-0.2, 0) is 14.3 Å². The molecule has 1 aliphatic rings. The molecule has 0 amide bonds. The molecule has 0 aliphatic carbocycles. The highest BCUT2D eigenvalue weighted by Gasteiger charge is 2.33. The van der Waals surface area contributed by atoms with Gasteiger partial charge < -0.3 is 4.74 Å². The predicted molar refractivity (Wildman–Crippen MR) is 94.0 cm³/mol. The van der Waals surface area contributed by atoms with Crippen molar-refractivity contribution in [1.82, 2.24) is 4.90 Å². The Morgan fingerprint density at radius 3 is 2.61 bits per heavy atom. The van der Waals surface area contributed by atoms with Crippen molar-refractivity contribution in [2.45, 2.75) is 32.2 Å². The van der Waals surface area contributed by atoms with Crippen molar-refractivity contribution < 1.29 is 14.3 Å². The van der Waals surface area contributed by atoms with Crippen LogP contribution in [0.25, 0.3) is 6.08 Å². The molecule has 1 unspecified atom stereocenters. The van der Waals surface area contributed by atoms with E-state index in [0.717, 1.165) is 42.4 Å². The van der Waals surface area contributed by atoms with E-state index in [4.69, 9.17) is 4.74 Å². The normalized spacial score (nSPS) is 17.1. The Kier molecular flexibility index (Phi) is 6.99. The van der Waals surface area contributed by atoms with Gasteiger partial charge in [0.05, 0.1) is 6.61 Å². The molecule has 1 aromatic carbocycles. The van der Waals surface area contributed by atoms with Crippen LogP contribution in [0.3, 0.4) is 0 Å². The number of ether oxygens (including phenoxy) is 1. The zero-order valence-electron chi connectivity index (χ0n) is 13.3. The van der Waals surface area contributed by atoms with Crippen LogP contribution in [0.5, 0.6) is 0 Å². The Hall–Kier alpha value is -1.46. The third-order valence-corrected chi connectivity index (χ3v) is 4.59. The molecule has 5 heteroatoms. The van der Waals surface area contributed by atoms with Crippen molar-refractivity contribution in [3.63, 3.8) is 0 Å². The Morgan fingerprint density at radius 2 is 1.96 bits per heavy atom. The van der Waals surface area contributed by atoms with Crippen molar-refractivity contribution in [2.24, 2.45) is 0 Å². The molecule has 1 aromatic rings. The largest absolute Gasteiger partial charge is 0.464 e. The van der Waals surface area contributed by atoms with Crippen molar-refractivity contribution in [3.05, 3.63) is 40.4 Å². The highest BCUT2D eigenvalue weighted by atomic mass is 79.9. The molecular weight excluding hydrogens is 358 g/mol. The highest BCUT2D eigenvalue weighted by Crippen LogP contribution is 2.18. The van der Waals surface area contributed by atoms with Gasteiger partial charge in [-0.3, -0.25) is 9.69 Å². The summed E-state index contributed by atoms with van der Waals surface area (Å²) in [6.07, 6.45) is 6.39. The maximum Gasteiger partial charge on any atom is 0.331 e. The van der Waals surface area contributed by atoms with Gasteiger partial charge in [-0.05, 0) is 50.6 Å². The van der Waals surface area contributed by atoms with Gasteiger partial charge in [0.1, 0.15) is 0 Å². The summed E-state index contributed by atoms with van der Waals surface area (Å²) in [7, 11) is 0. The second kappa shape index (κ2) is 8.99. The summed E-state index contributed by atoms with van der Waals surface area (Å²) in [4.78, 5) is 26.8. The minimum absolute atomic E-state index is 0.221. The van der Waals surface area contributed by atoms with Crippen molar-refractivity contribution in [2.75, 3.05) is 19.7 Å². The maximum absolute atomic E-state index is 12.6. The van der Waals surface area contributed by atoms with Crippen LogP contribution < -0.4 is 0 Å². The van der Waals surface area contributed by atoms with Gasteiger partial charge in [-0.15, -0.1) is 0 Å². The zero-order chi connectivity index (χ0) is 16.7. The van der Waals surface area contributed by atoms with Crippen LogP contribution in [0.15, 0.2) is 34.8 Å². The Bertz CT molecular complexity index is 579. The van der Waals surface area contributed by atoms with E-state index < -0.39 is 12.0 Å². The lowest BCUT2D eigenvalue weighted by molar-refractivity contribution is -0.152. The lowest BCUT2D eigenvalue weighted by Gasteiger charge is -2.31. The number of likely N-dealkylation sites (tertiary alicyclic amines) is 1. The van der Waals surface area contributed by atoms with E-state index in [0.29, 0.717) is 0 Å². The van der Waals surface area contributed by atoms with Crippen LogP contribution >= 0.6 is 15.9 Å². The minimum atomic E-state index is -0.825. The van der Waals surface area contributed by atoms with E-state index in [9.17, 15) is 9.59 Å². The molecule has 1 heterocycles. The van der Waals surface area contributed by atoms with Gasteiger partial charge in [0, 0.05) is 4.47 Å². The third kappa shape index (κ3) is 5.01. The smallest absolute Gasteiger partial charge is 0.331 e. The van der Waals surface area contributed by atoms with Crippen LogP contribution in [0.2, 0.25) is 0 Å². The highest BCUT2D eigenvalue weighted by molar-refractivity contribution is 9.10. The molecule has 0 spiro atoms. The first kappa shape index (κ1) is 17.9. The molecule has 2 rings (SSSR count). The van der Waals surface area contributed by atoms with E-state index in [1.807, 2.05) is 29.2 Å². The molecule has 0 saturated carbocycles. The maximum atomic E-state index is 12.6. The molecular formula is C18H22BrNO3. The lowest BCUT2D eigenvalue weighted by atomic mass is 10.0. The number of ketones is 1. The molecule has 124 valence electrons. The molecule has 4 nitrogen and oxygen atoms in total. The van der Waals surface area contributed by atoms with Crippen molar-refractivity contribution >= 4 is 33.8 Å². The molecule has 0 aromatic heterocycles. The molecule has 23 heavy (non-hydrogen) atoms. The van der Waals surface area contributed by atoms with Crippen molar-refractivity contribution in [1.29, 1.82) is 0 Å². The summed E-state index contributed by atoms with van der Waals surface area (Å²) in [6.45, 7) is 3.56. The summed E-state index contributed by atoms with van der Waals surface area (Å²) in [5.41, 5.74) is 0.905. The number of benzene rings is 1. The molecule has 1 aliphatic heterocycles. The number of hydrogen-bond donors (Lipinski definition) is 0. The number of hydrogen-bond acceptors (Lipinski definition) is 4. The quantitative estimate of drug-likeness (QED) is 0.431. The van der Waals surface area contributed by atoms with Gasteiger partial charge in [-0.25, -0.2) is 4.79 Å². The number of halogens is 1. The van der Waals surface area contributed by atoms with Crippen LogP contribution in [0.1, 0.15) is 31.7 Å². The molecule has 1 atom stereocenters. The number of piperidine rings is 1. The number of carbonyl (C=O) groups is 2. The summed E-state index contributed by atoms with van der Waals surface area (Å²) in [6, 6.07) is 6.82. The zero-order valence-corrected chi connectivity index (χ0v) is 14.9. The van der Waals surface area contributed by atoms with Crippen LogP contribution in [0.4, 0.5) is 0 Å². The summed E-state index contributed by atoms with van der Waals surface area (Å²) in [5, 5.41) is 0. The fraction of sp³-hybridized carbons (Fsp3) is 0.444. The fourth-order valence-corrected chi connectivity index (χ4v) is 3.13. The van der Waals surface area contributed by atoms with Gasteiger partial charge in [-0.1, -0.05) is 46.6 Å². The van der Waals surface area contributed by atoms with E-state index in [2.05, 4.69) is 15.9 Å². The monoisotopic (exact) mass is 379 g/mol. The second-order valence-corrected chi connectivity index (χ2v) is 6.36. The number of nitrogens with zero attached hydrogens (tertiary/aromatic N) is 1. The predicted octanol–water partition coefficient (Wildman–Crippen LogP) is 3.45. The number of esters is 1. The molecule has 0 N–H and O–H groups in total. The summed E-state index contributed by atoms with van der Waals surface area (Å²) < 4.78 is 6.02. The molecule has 0 radical (unpaired) electrons. The van der Waals surface area contributed by atoms with Gasteiger partial charge >= 0.3 is 5.97 Å². The third-order valence-electron chi connectivity index (χ3n) is 3.87. The molecule has 0 bridgehead atoms. The SMILES string of the molecule is CCOC(=O)C(C(=O)C=Cc1ccccc1Br)N1CCCCC1. The number of rotatable bonds is 6. The average Bonchev–Trinajstić information content (AvgIpc) is 2.55. The number of carbonyl (C=O) groups excluding carboxylic acids is 2. The van der Waals surface area contributed by atoms with Gasteiger partial charge in [0.2, 0.25) is 0 Å². The Morgan fingerprint density at radius 1 is 1.26 bits per heavy atom. The van der Waals surface area contributed by atoms with Crippen molar-refractivity contribution in [3.8, 4) is 0 Å². The van der Waals surface area contributed by atoms with Crippen LogP contribution in [-0.4, -0.2) is 42.4 Å². The summed E-state index contributed by atoms with van der Waals surface area (Å²) >= 11 is 3.45. The van der Waals surface area contributed by atoms with Gasteiger partial charge in [-0.2, -0.15) is 0 Å².